The van der Waals surface area contributed by atoms with E-state index in [-0.39, 0.29) is 0 Å². The number of hydrogen-bond acceptors (Lipinski definition) is 2. The molecule has 0 unspecified atom stereocenters. The van der Waals surface area contributed by atoms with Gasteiger partial charge in [0.25, 0.3) is 0 Å². The van der Waals surface area contributed by atoms with E-state index in [4.69, 9.17) is 5.73 Å². The summed E-state index contributed by atoms with van der Waals surface area (Å²) in [6, 6.07) is 10.8. The Balaban J connectivity index is 1.85. The zero-order chi connectivity index (χ0) is 11.2. The Labute approximate surface area is 98.4 Å². The maximum Gasteiger partial charge on any atom is 0.0233 e. The summed E-state index contributed by atoms with van der Waals surface area (Å²) in [7, 11) is 0. The fourth-order valence-electron chi connectivity index (χ4n) is 2.61. The molecule has 1 atom stereocenters. The predicted octanol–water partition coefficient (Wildman–Crippen LogP) is 2.25. The summed E-state index contributed by atoms with van der Waals surface area (Å²) in [4.78, 5) is 2.57. The smallest absolute Gasteiger partial charge is 0.0233 e. The van der Waals surface area contributed by atoms with Crippen LogP contribution in [0, 0.1) is 5.92 Å². The molecule has 0 spiro atoms. The van der Waals surface area contributed by atoms with Crippen LogP contribution in [0.3, 0.4) is 0 Å². The van der Waals surface area contributed by atoms with Crippen LogP contribution in [0.2, 0.25) is 0 Å². The SMILES string of the molecule is NCC[C@H]1CCCN(Cc2ccccc2)C1. The zero-order valence-corrected chi connectivity index (χ0v) is 9.94. The average molecular weight is 218 g/mol. The highest BCUT2D eigenvalue weighted by Gasteiger charge is 2.18. The third-order valence-corrected chi connectivity index (χ3v) is 3.43. The molecular formula is C14H22N2. The molecule has 1 aromatic rings. The second kappa shape index (κ2) is 6.02. The number of piperidine rings is 1. The van der Waals surface area contributed by atoms with Crippen molar-refractivity contribution in [1.82, 2.24) is 4.90 Å². The number of nitrogens with two attached hydrogens (primary N) is 1. The summed E-state index contributed by atoms with van der Waals surface area (Å²) in [5.41, 5.74) is 7.07. The van der Waals surface area contributed by atoms with Gasteiger partial charge in [0.1, 0.15) is 0 Å². The Hall–Kier alpha value is -0.860. The normalized spacial score (nSPS) is 22.2. The van der Waals surface area contributed by atoms with Gasteiger partial charge in [-0.1, -0.05) is 30.3 Å². The highest BCUT2D eigenvalue weighted by molar-refractivity contribution is 5.14. The van der Waals surface area contributed by atoms with Crippen molar-refractivity contribution in [3.8, 4) is 0 Å². The lowest BCUT2D eigenvalue weighted by Gasteiger charge is -2.32. The van der Waals surface area contributed by atoms with Crippen molar-refractivity contribution in [2.45, 2.75) is 25.8 Å². The molecule has 0 radical (unpaired) electrons. The summed E-state index contributed by atoms with van der Waals surface area (Å²) in [5, 5.41) is 0. The van der Waals surface area contributed by atoms with Gasteiger partial charge in [-0.2, -0.15) is 0 Å². The predicted molar refractivity (Wildman–Crippen MR) is 68.1 cm³/mol. The van der Waals surface area contributed by atoms with E-state index in [0.29, 0.717) is 0 Å². The number of benzene rings is 1. The first-order valence-electron chi connectivity index (χ1n) is 6.35. The van der Waals surface area contributed by atoms with Crippen molar-refractivity contribution < 1.29 is 0 Å². The van der Waals surface area contributed by atoms with Crippen LogP contribution in [0.4, 0.5) is 0 Å². The Kier molecular flexibility index (Phi) is 4.37. The molecule has 0 saturated carbocycles. The van der Waals surface area contributed by atoms with Crippen LogP contribution >= 0.6 is 0 Å². The Morgan fingerprint density at radius 3 is 2.81 bits per heavy atom. The third kappa shape index (κ3) is 3.32. The van der Waals surface area contributed by atoms with E-state index < -0.39 is 0 Å². The van der Waals surface area contributed by atoms with Crippen molar-refractivity contribution in [2.75, 3.05) is 19.6 Å². The number of nitrogens with zero attached hydrogens (tertiary/aromatic N) is 1. The van der Waals surface area contributed by atoms with Crippen molar-refractivity contribution in [1.29, 1.82) is 0 Å². The Morgan fingerprint density at radius 1 is 1.25 bits per heavy atom. The van der Waals surface area contributed by atoms with Gasteiger partial charge in [0.15, 0.2) is 0 Å². The monoisotopic (exact) mass is 218 g/mol. The van der Waals surface area contributed by atoms with Crippen molar-refractivity contribution in [2.24, 2.45) is 11.7 Å². The highest BCUT2D eigenvalue weighted by atomic mass is 15.1. The van der Waals surface area contributed by atoms with Gasteiger partial charge in [-0.05, 0) is 43.8 Å². The van der Waals surface area contributed by atoms with Gasteiger partial charge in [-0.15, -0.1) is 0 Å². The molecule has 1 saturated heterocycles. The van der Waals surface area contributed by atoms with E-state index in [0.717, 1.165) is 19.0 Å². The molecule has 2 N–H and O–H groups in total. The lowest BCUT2D eigenvalue weighted by Crippen LogP contribution is -2.35. The highest BCUT2D eigenvalue weighted by Crippen LogP contribution is 2.20. The topological polar surface area (TPSA) is 29.3 Å². The second-order valence-corrected chi connectivity index (χ2v) is 4.81. The quantitative estimate of drug-likeness (QED) is 0.840. The average Bonchev–Trinajstić information content (AvgIpc) is 2.31. The molecule has 0 aliphatic carbocycles. The molecule has 1 aliphatic heterocycles. The summed E-state index contributed by atoms with van der Waals surface area (Å²) < 4.78 is 0. The largest absolute Gasteiger partial charge is 0.330 e. The van der Waals surface area contributed by atoms with Crippen LogP contribution in [0.5, 0.6) is 0 Å². The van der Waals surface area contributed by atoms with Crippen molar-refractivity contribution in [3.05, 3.63) is 35.9 Å². The van der Waals surface area contributed by atoms with E-state index >= 15 is 0 Å². The molecule has 16 heavy (non-hydrogen) atoms. The summed E-state index contributed by atoms with van der Waals surface area (Å²) >= 11 is 0. The minimum absolute atomic E-state index is 0.822. The van der Waals surface area contributed by atoms with Crippen LogP contribution in [-0.2, 0) is 6.54 Å². The molecule has 0 aromatic heterocycles. The Bertz CT molecular complexity index is 295. The second-order valence-electron chi connectivity index (χ2n) is 4.81. The van der Waals surface area contributed by atoms with Gasteiger partial charge in [0.2, 0.25) is 0 Å². The van der Waals surface area contributed by atoms with Gasteiger partial charge in [0, 0.05) is 13.1 Å². The fraction of sp³-hybridized carbons (Fsp3) is 0.571. The third-order valence-electron chi connectivity index (χ3n) is 3.43. The van der Waals surface area contributed by atoms with E-state index in [2.05, 4.69) is 35.2 Å². The van der Waals surface area contributed by atoms with Crippen LogP contribution in [0.1, 0.15) is 24.8 Å². The molecule has 2 heteroatoms. The molecule has 1 heterocycles. The van der Waals surface area contributed by atoms with Gasteiger partial charge in [0.05, 0.1) is 0 Å². The molecule has 0 amide bonds. The maximum absolute atomic E-state index is 5.64. The van der Waals surface area contributed by atoms with E-state index in [1.807, 2.05) is 0 Å². The molecular weight excluding hydrogens is 196 g/mol. The number of hydrogen-bond donors (Lipinski definition) is 1. The Morgan fingerprint density at radius 2 is 2.06 bits per heavy atom. The van der Waals surface area contributed by atoms with Crippen molar-refractivity contribution in [3.63, 3.8) is 0 Å². The van der Waals surface area contributed by atoms with Gasteiger partial charge < -0.3 is 5.73 Å². The fourth-order valence-corrected chi connectivity index (χ4v) is 2.61. The number of rotatable bonds is 4. The molecule has 88 valence electrons. The first kappa shape index (κ1) is 11.6. The zero-order valence-electron chi connectivity index (χ0n) is 9.94. The van der Waals surface area contributed by atoms with E-state index in [1.54, 1.807) is 0 Å². The first-order chi connectivity index (χ1) is 7.88. The summed E-state index contributed by atoms with van der Waals surface area (Å²) in [5.74, 6) is 0.822. The summed E-state index contributed by atoms with van der Waals surface area (Å²) in [6.45, 7) is 4.41. The maximum atomic E-state index is 5.64. The molecule has 1 fully saturated rings. The van der Waals surface area contributed by atoms with Crippen LogP contribution < -0.4 is 5.73 Å². The number of likely N-dealkylation sites (tertiary alicyclic amines) is 1. The standard InChI is InChI=1S/C14H22N2/c15-9-8-14-7-4-10-16(12-14)11-13-5-2-1-3-6-13/h1-3,5-6,14H,4,7-12,15H2/t14-/m1/s1. The van der Waals surface area contributed by atoms with Gasteiger partial charge in [-0.3, -0.25) is 4.90 Å². The van der Waals surface area contributed by atoms with E-state index in [1.165, 1.54) is 37.9 Å². The molecule has 2 rings (SSSR count). The van der Waals surface area contributed by atoms with Crippen LogP contribution in [0.25, 0.3) is 0 Å². The molecule has 0 bridgehead atoms. The lowest BCUT2D eigenvalue weighted by molar-refractivity contribution is 0.163. The van der Waals surface area contributed by atoms with Gasteiger partial charge >= 0.3 is 0 Å². The first-order valence-corrected chi connectivity index (χ1v) is 6.35. The van der Waals surface area contributed by atoms with Crippen LogP contribution in [-0.4, -0.2) is 24.5 Å². The minimum Gasteiger partial charge on any atom is -0.330 e. The van der Waals surface area contributed by atoms with Crippen molar-refractivity contribution >= 4 is 0 Å². The lowest BCUT2D eigenvalue weighted by atomic mass is 9.94. The molecule has 1 aliphatic rings. The summed E-state index contributed by atoms with van der Waals surface area (Å²) in [6.07, 6.45) is 3.88. The minimum atomic E-state index is 0.822. The van der Waals surface area contributed by atoms with E-state index in [9.17, 15) is 0 Å². The van der Waals surface area contributed by atoms with Gasteiger partial charge in [-0.25, -0.2) is 0 Å². The molecule has 2 nitrogen and oxygen atoms in total. The van der Waals surface area contributed by atoms with Crippen LogP contribution in [0.15, 0.2) is 30.3 Å². The molecule has 1 aromatic carbocycles.